The fourth-order valence-electron chi connectivity index (χ4n) is 1.77. The van der Waals surface area contributed by atoms with Crippen LogP contribution in [0.1, 0.15) is 12.5 Å². The Balaban J connectivity index is 0.000000583. The molecule has 0 fully saturated rings. The molecule has 5 heteroatoms. The number of nitrogens with zero attached hydrogens (tertiary/aromatic N) is 2. The van der Waals surface area contributed by atoms with Crippen LogP contribution in [0.4, 0.5) is 0 Å². The van der Waals surface area contributed by atoms with Crippen molar-refractivity contribution in [2.75, 3.05) is 0 Å². The molecule has 102 valence electrons. The number of thiocyanates is 2. The number of aryl methyl sites for hydroxylation is 1. The molecule has 2 aromatic rings. The van der Waals surface area contributed by atoms with E-state index in [2.05, 4.69) is 25.1 Å². The first-order chi connectivity index (χ1) is 9.72. The van der Waals surface area contributed by atoms with Crippen molar-refractivity contribution in [2.45, 2.75) is 13.3 Å². The number of hydrogen-bond acceptors (Lipinski definition) is 4. The second-order valence-electron chi connectivity index (χ2n) is 3.84. The Morgan fingerprint density at radius 2 is 1.57 bits per heavy atom. The molecular formula is C16H14N2OSZn. The number of benzene rings is 2. The van der Waals surface area contributed by atoms with Gasteiger partial charge in [-0.1, -0.05) is 43.3 Å². The maximum absolute atomic E-state index is 9.23. The standard InChI is InChI=1S/C14H14O.C2N2S.Zn/c1-2-11-5-3-4-6-14(11)12-7-9-13(15)10-8-12;3-1-5-2-4;/h3-10,15H,2H2,1H3;;. The minimum Gasteiger partial charge on any atom is -0.508 e. The normalized spacial score (nSPS) is 8.33. The van der Waals surface area contributed by atoms with Crippen LogP contribution >= 0.6 is 11.8 Å². The molecule has 0 aliphatic rings. The molecule has 0 atom stereocenters. The van der Waals surface area contributed by atoms with Gasteiger partial charge in [0.2, 0.25) is 0 Å². The van der Waals surface area contributed by atoms with Crippen molar-refractivity contribution in [2.24, 2.45) is 0 Å². The van der Waals surface area contributed by atoms with Gasteiger partial charge in [0.15, 0.2) is 0 Å². The summed E-state index contributed by atoms with van der Waals surface area (Å²) in [5, 5.41) is 27.5. The van der Waals surface area contributed by atoms with E-state index in [4.69, 9.17) is 10.5 Å². The van der Waals surface area contributed by atoms with Gasteiger partial charge in [0, 0.05) is 19.5 Å². The second-order valence-corrected chi connectivity index (χ2v) is 4.41. The number of rotatable bonds is 2. The number of phenols is 1. The van der Waals surface area contributed by atoms with Crippen LogP contribution in [0.5, 0.6) is 5.75 Å². The SMILES string of the molecule is CCc1ccccc1-c1ccc(O)cc1.N#CSC#N.[Zn]. The van der Waals surface area contributed by atoms with E-state index in [1.807, 2.05) is 18.2 Å². The van der Waals surface area contributed by atoms with Gasteiger partial charge in [-0.15, -0.1) is 0 Å². The maximum Gasteiger partial charge on any atom is 0.149 e. The van der Waals surface area contributed by atoms with Crippen LogP contribution in [-0.2, 0) is 25.9 Å². The fourth-order valence-corrected chi connectivity index (χ4v) is 1.81. The molecule has 0 radical (unpaired) electrons. The van der Waals surface area contributed by atoms with Crippen LogP contribution in [0, 0.1) is 21.3 Å². The molecule has 0 spiro atoms. The van der Waals surface area contributed by atoms with Gasteiger partial charge in [-0.05, 0) is 35.2 Å². The topological polar surface area (TPSA) is 67.8 Å². The zero-order valence-corrected chi connectivity index (χ0v) is 15.6. The summed E-state index contributed by atoms with van der Waals surface area (Å²) >= 11 is 0.574. The Hall–Kier alpha value is -1.81. The first-order valence-corrected chi connectivity index (χ1v) is 6.85. The molecule has 0 aliphatic carbocycles. The molecule has 0 saturated carbocycles. The van der Waals surface area contributed by atoms with Crippen molar-refractivity contribution in [1.82, 2.24) is 0 Å². The van der Waals surface area contributed by atoms with Gasteiger partial charge in [0.25, 0.3) is 0 Å². The van der Waals surface area contributed by atoms with E-state index in [0.717, 1.165) is 12.0 Å². The van der Waals surface area contributed by atoms with E-state index < -0.39 is 0 Å². The van der Waals surface area contributed by atoms with Crippen LogP contribution < -0.4 is 0 Å². The van der Waals surface area contributed by atoms with Gasteiger partial charge in [-0.3, -0.25) is 0 Å². The first-order valence-electron chi connectivity index (χ1n) is 6.04. The molecule has 0 aliphatic heterocycles. The van der Waals surface area contributed by atoms with Gasteiger partial charge in [0.1, 0.15) is 16.6 Å². The molecular weight excluding hydrogens is 334 g/mol. The van der Waals surface area contributed by atoms with E-state index in [1.165, 1.54) is 11.1 Å². The fraction of sp³-hybridized carbons (Fsp3) is 0.125. The molecule has 2 rings (SSSR count). The smallest absolute Gasteiger partial charge is 0.149 e. The van der Waals surface area contributed by atoms with E-state index in [-0.39, 0.29) is 19.5 Å². The average Bonchev–Trinajstić information content (AvgIpc) is 2.49. The monoisotopic (exact) mass is 346 g/mol. The zero-order chi connectivity index (χ0) is 14.8. The summed E-state index contributed by atoms with van der Waals surface area (Å²) in [7, 11) is 0. The predicted octanol–water partition coefficient (Wildman–Crippen LogP) is 4.30. The Labute approximate surface area is 142 Å². The Bertz CT molecular complexity index is 618. The second kappa shape index (κ2) is 10.9. The third-order valence-corrected chi connectivity index (χ3v) is 2.85. The Kier molecular flexibility index (Phi) is 9.98. The largest absolute Gasteiger partial charge is 0.508 e. The van der Waals surface area contributed by atoms with E-state index in [9.17, 15) is 5.11 Å². The number of phenolic OH excluding ortho intramolecular Hbond substituents is 1. The zero-order valence-electron chi connectivity index (χ0n) is 11.8. The van der Waals surface area contributed by atoms with Crippen molar-refractivity contribution < 1.29 is 24.6 Å². The summed E-state index contributed by atoms with van der Waals surface area (Å²) in [6, 6.07) is 15.7. The molecule has 0 aromatic heterocycles. The molecule has 0 unspecified atom stereocenters. The van der Waals surface area contributed by atoms with Gasteiger partial charge < -0.3 is 5.11 Å². The summed E-state index contributed by atoms with van der Waals surface area (Å²) in [5.74, 6) is 0.313. The summed E-state index contributed by atoms with van der Waals surface area (Å²) in [4.78, 5) is 0. The van der Waals surface area contributed by atoms with Crippen LogP contribution in [-0.4, -0.2) is 5.11 Å². The summed E-state index contributed by atoms with van der Waals surface area (Å²) in [5.41, 5.74) is 3.74. The molecule has 1 N–H and O–H groups in total. The van der Waals surface area contributed by atoms with Crippen molar-refractivity contribution in [3.8, 4) is 27.7 Å². The van der Waals surface area contributed by atoms with Gasteiger partial charge in [-0.25, -0.2) is 0 Å². The minimum absolute atomic E-state index is 0. The number of hydrogen-bond donors (Lipinski definition) is 1. The van der Waals surface area contributed by atoms with Gasteiger partial charge >= 0.3 is 0 Å². The number of aromatic hydroxyl groups is 1. The van der Waals surface area contributed by atoms with Crippen LogP contribution in [0.2, 0.25) is 0 Å². The van der Waals surface area contributed by atoms with Crippen LogP contribution in [0.3, 0.4) is 0 Å². The van der Waals surface area contributed by atoms with Gasteiger partial charge in [0.05, 0.1) is 11.8 Å². The van der Waals surface area contributed by atoms with Crippen molar-refractivity contribution >= 4 is 11.8 Å². The third kappa shape index (κ3) is 6.45. The summed E-state index contributed by atoms with van der Waals surface area (Å²) in [6.45, 7) is 2.15. The molecule has 0 bridgehead atoms. The predicted molar refractivity (Wildman–Crippen MR) is 81.7 cm³/mol. The van der Waals surface area contributed by atoms with Crippen molar-refractivity contribution in [3.05, 3.63) is 54.1 Å². The quantitative estimate of drug-likeness (QED) is 0.649. The molecule has 2 aromatic carbocycles. The van der Waals surface area contributed by atoms with Crippen LogP contribution in [0.15, 0.2) is 48.5 Å². The van der Waals surface area contributed by atoms with Crippen LogP contribution in [0.25, 0.3) is 11.1 Å². The summed E-state index contributed by atoms with van der Waals surface area (Å²) in [6.07, 6.45) is 1.02. The van der Waals surface area contributed by atoms with E-state index in [1.54, 1.807) is 22.9 Å². The molecule has 21 heavy (non-hydrogen) atoms. The number of thioether (sulfide) groups is 1. The Morgan fingerprint density at radius 3 is 2.05 bits per heavy atom. The maximum atomic E-state index is 9.23. The summed E-state index contributed by atoms with van der Waals surface area (Å²) < 4.78 is 0. The van der Waals surface area contributed by atoms with Crippen molar-refractivity contribution in [1.29, 1.82) is 10.5 Å². The Morgan fingerprint density at radius 1 is 1.00 bits per heavy atom. The average molecular weight is 348 g/mol. The first kappa shape index (κ1) is 19.2. The molecule has 0 heterocycles. The van der Waals surface area contributed by atoms with Crippen molar-refractivity contribution in [3.63, 3.8) is 0 Å². The van der Waals surface area contributed by atoms with E-state index >= 15 is 0 Å². The minimum atomic E-state index is 0. The van der Waals surface area contributed by atoms with Gasteiger partial charge in [-0.2, -0.15) is 10.5 Å². The molecule has 0 saturated heterocycles. The molecule has 0 amide bonds. The third-order valence-electron chi connectivity index (χ3n) is 2.67. The number of nitriles is 2. The van der Waals surface area contributed by atoms with E-state index in [0.29, 0.717) is 17.5 Å². The molecule has 3 nitrogen and oxygen atoms in total.